The molecule has 0 fully saturated rings. The Hall–Kier alpha value is -1.43. The minimum atomic E-state index is -0.462. The molecule has 0 saturated carbocycles. The van der Waals surface area contributed by atoms with Crippen molar-refractivity contribution >= 4 is 40.6 Å². The van der Waals surface area contributed by atoms with Crippen LogP contribution in [-0.2, 0) is 7.05 Å². The van der Waals surface area contributed by atoms with E-state index in [-0.39, 0.29) is 28.0 Å². The molecule has 0 aliphatic heterocycles. The third kappa shape index (κ3) is 3.26. The number of aromatic nitrogens is 2. The van der Waals surface area contributed by atoms with Crippen LogP contribution in [0, 0.1) is 6.92 Å². The second kappa shape index (κ2) is 6.13. The molecule has 1 N–H and O–H groups in total. The van der Waals surface area contributed by atoms with Gasteiger partial charge in [-0.2, -0.15) is 0 Å². The van der Waals surface area contributed by atoms with E-state index in [1.54, 1.807) is 6.92 Å². The lowest BCUT2D eigenvalue weighted by molar-refractivity contribution is 0.0920. The topological polar surface area (TPSA) is 64.1 Å². The fourth-order valence-corrected chi connectivity index (χ4v) is 2.82. The molecule has 0 spiro atoms. The first kappa shape index (κ1) is 15.9. The molecule has 0 saturated heterocycles. The van der Waals surface area contributed by atoms with Crippen LogP contribution in [0.25, 0.3) is 0 Å². The fraction of sp³-hybridized carbons (Fsp3) is 0.231. The average Bonchev–Trinajstić information content (AvgIpc) is 2.61. The standard InChI is InChI=1S/C13H11Cl3N2O3/c1-6-11(13(20)18(2)17-6)10(19)5-21-12-8(15)3-7(14)4-9(12)16/h3-4,17H,5H2,1-2H3. The number of hydrogen-bond donors (Lipinski definition) is 1. The van der Waals surface area contributed by atoms with Crippen LogP contribution in [0.5, 0.6) is 5.75 Å². The molecule has 0 bridgehead atoms. The molecule has 21 heavy (non-hydrogen) atoms. The monoisotopic (exact) mass is 348 g/mol. The van der Waals surface area contributed by atoms with E-state index in [0.717, 1.165) is 0 Å². The molecule has 1 aromatic heterocycles. The molecule has 0 unspecified atom stereocenters. The van der Waals surface area contributed by atoms with E-state index in [1.165, 1.54) is 23.9 Å². The van der Waals surface area contributed by atoms with Crippen molar-refractivity contribution in [3.05, 3.63) is 48.8 Å². The molecule has 0 atom stereocenters. The van der Waals surface area contributed by atoms with Gasteiger partial charge in [0, 0.05) is 17.8 Å². The van der Waals surface area contributed by atoms with Gasteiger partial charge in [0.1, 0.15) is 5.56 Å². The van der Waals surface area contributed by atoms with Crippen molar-refractivity contribution in [1.82, 2.24) is 9.78 Å². The van der Waals surface area contributed by atoms with Gasteiger partial charge in [-0.1, -0.05) is 34.8 Å². The number of benzene rings is 1. The van der Waals surface area contributed by atoms with E-state index in [2.05, 4.69) is 5.10 Å². The Morgan fingerprint density at radius 3 is 2.33 bits per heavy atom. The zero-order valence-corrected chi connectivity index (χ0v) is 13.4. The SMILES string of the molecule is Cc1[nH]n(C)c(=O)c1C(=O)COc1c(Cl)cc(Cl)cc1Cl. The summed E-state index contributed by atoms with van der Waals surface area (Å²) in [5.74, 6) is -0.308. The number of ketones is 1. The van der Waals surface area contributed by atoms with Crippen LogP contribution in [0.1, 0.15) is 16.1 Å². The highest BCUT2D eigenvalue weighted by Crippen LogP contribution is 2.35. The fourth-order valence-electron chi connectivity index (χ4n) is 1.89. The number of aryl methyl sites for hydroxylation is 2. The van der Waals surface area contributed by atoms with E-state index < -0.39 is 11.3 Å². The normalized spacial score (nSPS) is 10.7. The second-order valence-electron chi connectivity index (χ2n) is 4.39. The summed E-state index contributed by atoms with van der Waals surface area (Å²) in [4.78, 5) is 23.9. The molecule has 2 rings (SSSR count). The number of Topliss-reactive ketones (excluding diaryl/α,β-unsaturated/α-hetero) is 1. The maximum absolute atomic E-state index is 12.1. The summed E-state index contributed by atoms with van der Waals surface area (Å²) < 4.78 is 6.55. The number of halogens is 3. The number of nitrogens with zero attached hydrogens (tertiary/aromatic N) is 1. The van der Waals surface area contributed by atoms with Crippen LogP contribution < -0.4 is 10.3 Å². The molecule has 0 aliphatic carbocycles. The van der Waals surface area contributed by atoms with Crippen LogP contribution in [0.4, 0.5) is 0 Å². The zero-order chi connectivity index (χ0) is 15.7. The van der Waals surface area contributed by atoms with Gasteiger partial charge >= 0.3 is 0 Å². The van der Waals surface area contributed by atoms with Gasteiger partial charge < -0.3 is 4.74 Å². The van der Waals surface area contributed by atoms with Crippen molar-refractivity contribution in [3.8, 4) is 5.75 Å². The van der Waals surface area contributed by atoms with E-state index in [9.17, 15) is 9.59 Å². The van der Waals surface area contributed by atoms with Gasteiger partial charge in [-0.15, -0.1) is 0 Å². The van der Waals surface area contributed by atoms with Crippen LogP contribution in [0.2, 0.25) is 15.1 Å². The highest BCUT2D eigenvalue weighted by Gasteiger charge is 2.19. The lowest BCUT2D eigenvalue weighted by atomic mass is 10.2. The Morgan fingerprint density at radius 2 is 1.86 bits per heavy atom. The number of H-pyrrole nitrogens is 1. The molecule has 1 aromatic carbocycles. The molecule has 0 amide bonds. The summed E-state index contributed by atoms with van der Waals surface area (Å²) in [5.41, 5.74) is 0.123. The smallest absolute Gasteiger partial charge is 0.277 e. The molecule has 112 valence electrons. The van der Waals surface area contributed by atoms with E-state index in [4.69, 9.17) is 39.5 Å². The summed E-state index contributed by atoms with van der Waals surface area (Å²) in [6.07, 6.45) is 0. The summed E-state index contributed by atoms with van der Waals surface area (Å²) in [7, 11) is 1.53. The Bertz CT molecular complexity index is 742. The van der Waals surface area contributed by atoms with Crippen LogP contribution in [0.3, 0.4) is 0 Å². The van der Waals surface area contributed by atoms with Gasteiger partial charge in [0.25, 0.3) is 5.56 Å². The molecular weight excluding hydrogens is 339 g/mol. The molecule has 1 heterocycles. The predicted molar refractivity (Wildman–Crippen MR) is 82.1 cm³/mol. The van der Waals surface area contributed by atoms with Crippen molar-refractivity contribution in [2.24, 2.45) is 7.05 Å². The van der Waals surface area contributed by atoms with Crippen LogP contribution in [0.15, 0.2) is 16.9 Å². The van der Waals surface area contributed by atoms with Gasteiger partial charge in [-0.3, -0.25) is 19.4 Å². The zero-order valence-electron chi connectivity index (χ0n) is 11.2. The maximum Gasteiger partial charge on any atom is 0.277 e. The van der Waals surface area contributed by atoms with Gasteiger partial charge in [0.15, 0.2) is 12.4 Å². The minimum absolute atomic E-state index is 0.0544. The number of carbonyl (C=O) groups excluding carboxylic acids is 1. The highest BCUT2D eigenvalue weighted by molar-refractivity contribution is 6.40. The average molecular weight is 350 g/mol. The summed E-state index contributed by atoms with van der Waals surface area (Å²) in [5, 5.41) is 3.49. The second-order valence-corrected chi connectivity index (χ2v) is 5.64. The molecule has 0 radical (unpaired) electrons. The Balaban J connectivity index is 2.21. The van der Waals surface area contributed by atoms with Gasteiger partial charge in [-0.25, -0.2) is 0 Å². The summed E-state index contributed by atoms with van der Waals surface area (Å²) in [6.45, 7) is 1.28. The molecule has 2 aromatic rings. The number of aromatic amines is 1. The molecule has 8 heteroatoms. The maximum atomic E-state index is 12.1. The number of nitrogens with one attached hydrogen (secondary N) is 1. The van der Waals surface area contributed by atoms with Gasteiger partial charge in [-0.05, 0) is 19.1 Å². The molecule has 0 aliphatic rings. The summed E-state index contributed by atoms with van der Waals surface area (Å²) >= 11 is 17.7. The Labute approximate surface area is 135 Å². The van der Waals surface area contributed by atoms with Crippen molar-refractivity contribution in [3.63, 3.8) is 0 Å². The number of ether oxygens (including phenoxy) is 1. The van der Waals surface area contributed by atoms with Crippen LogP contribution >= 0.6 is 34.8 Å². The number of hydrogen-bond acceptors (Lipinski definition) is 3. The third-order valence-corrected chi connectivity index (χ3v) is 3.60. The van der Waals surface area contributed by atoms with Crippen molar-refractivity contribution < 1.29 is 9.53 Å². The minimum Gasteiger partial charge on any atom is -0.482 e. The lowest BCUT2D eigenvalue weighted by Gasteiger charge is -2.09. The lowest BCUT2D eigenvalue weighted by Crippen LogP contribution is -2.23. The first-order valence-corrected chi connectivity index (χ1v) is 7.00. The third-order valence-electron chi connectivity index (χ3n) is 2.82. The summed E-state index contributed by atoms with van der Waals surface area (Å²) in [6, 6.07) is 2.91. The molecule has 5 nitrogen and oxygen atoms in total. The quantitative estimate of drug-likeness (QED) is 0.862. The first-order chi connectivity index (χ1) is 9.81. The predicted octanol–water partition coefficient (Wildman–Crippen LogP) is 3.24. The Morgan fingerprint density at radius 1 is 1.29 bits per heavy atom. The van der Waals surface area contributed by atoms with E-state index in [0.29, 0.717) is 10.7 Å². The van der Waals surface area contributed by atoms with Crippen molar-refractivity contribution in [2.75, 3.05) is 6.61 Å². The Kier molecular flexibility index (Phi) is 4.66. The molecular formula is C13H11Cl3N2O3. The van der Waals surface area contributed by atoms with E-state index in [1.807, 2.05) is 0 Å². The highest BCUT2D eigenvalue weighted by atomic mass is 35.5. The van der Waals surface area contributed by atoms with Crippen molar-refractivity contribution in [1.29, 1.82) is 0 Å². The number of carbonyl (C=O) groups is 1. The number of rotatable bonds is 4. The van der Waals surface area contributed by atoms with Crippen LogP contribution in [-0.4, -0.2) is 22.2 Å². The first-order valence-electron chi connectivity index (χ1n) is 5.87. The van der Waals surface area contributed by atoms with Crippen molar-refractivity contribution in [2.45, 2.75) is 6.92 Å². The largest absolute Gasteiger partial charge is 0.482 e. The van der Waals surface area contributed by atoms with E-state index >= 15 is 0 Å². The van der Waals surface area contributed by atoms with Gasteiger partial charge in [0.2, 0.25) is 5.78 Å². The van der Waals surface area contributed by atoms with Gasteiger partial charge in [0.05, 0.1) is 10.0 Å².